The highest BCUT2D eigenvalue weighted by molar-refractivity contribution is 5.51. The van der Waals surface area contributed by atoms with Crippen LogP contribution in [-0.2, 0) is 23.9 Å². The normalized spacial score (nSPS) is 21.0. The maximum absolute atomic E-state index is 17.8. The number of aliphatic hydroxyl groups excluding tert-OH is 1. The van der Waals surface area contributed by atoms with Crippen LogP contribution < -0.4 is 9.64 Å². The molecule has 0 amide bonds. The van der Waals surface area contributed by atoms with E-state index in [0.29, 0.717) is 67.3 Å². The van der Waals surface area contributed by atoms with Crippen LogP contribution in [0.2, 0.25) is 0 Å². The number of nitrogens with zero attached hydrogens (tertiary/aromatic N) is 4. The van der Waals surface area contributed by atoms with E-state index in [2.05, 4.69) is 23.8 Å². The molecular formula is C46H54F6N4O3. The number of piperidine rings is 1. The standard InChI is InChI=1S/C46H54F6N4O3/c1-27(2)42(57)32-24-53-43(54-25-32)56-20-16-31(17-21-56)41-39(40(47)30-8-10-33(11-9-30)46(50,51)52)37(29-14-18-45(48,49)19-15-29)38-35(55-41)22-44(3,4)23-36(38)59-26-28-6-12-34(58-5)13-7-28/h6-13,24-25,27,29,31,36,40,42,57H,14-23,26H2,1-5H3/t36-,40-,42?/m0/s1. The number of methoxy groups -OCH3 is 1. The Kier molecular flexibility index (Phi) is 12.4. The van der Waals surface area contributed by atoms with Gasteiger partial charge in [-0.05, 0) is 96.7 Å². The highest BCUT2D eigenvalue weighted by atomic mass is 19.4. The van der Waals surface area contributed by atoms with Crippen molar-refractivity contribution in [1.82, 2.24) is 15.0 Å². The zero-order valence-corrected chi connectivity index (χ0v) is 34.3. The summed E-state index contributed by atoms with van der Waals surface area (Å²) < 4.78 is 101. The van der Waals surface area contributed by atoms with Gasteiger partial charge >= 0.3 is 6.18 Å². The molecule has 3 atom stereocenters. The molecule has 2 aromatic carbocycles. The van der Waals surface area contributed by atoms with Crippen LogP contribution in [0.1, 0.15) is 153 Å². The molecule has 2 fully saturated rings. The Morgan fingerprint density at radius 1 is 0.864 bits per heavy atom. The Bertz CT molecular complexity index is 2040. The summed E-state index contributed by atoms with van der Waals surface area (Å²) in [7, 11) is 1.59. The predicted molar refractivity (Wildman–Crippen MR) is 213 cm³/mol. The number of aliphatic hydroxyl groups is 1. The minimum atomic E-state index is -4.60. The number of hydrogen-bond donors (Lipinski definition) is 1. The molecule has 7 nitrogen and oxygen atoms in total. The summed E-state index contributed by atoms with van der Waals surface area (Å²) >= 11 is 0. The number of fused-ring (bicyclic) bond motifs is 1. The third kappa shape index (κ3) is 9.56. The van der Waals surface area contributed by atoms with Gasteiger partial charge in [-0.15, -0.1) is 0 Å². The van der Waals surface area contributed by atoms with Crippen LogP contribution in [0, 0.1) is 11.3 Å². The van der Waals surface area contributed by atoms with Crippen LogP contribution in [0.3, 0.4) is 0 Å². The molecule has 2 aromatic heterocycles. The maximum Gasteiger partial charge on any atom is 0.416 e. The summed E-state index contributed by atoms with van der Waals surface area (Å²) in [5.41, 5.74) is 3.35. The first-order valence-electron chi connectivity index (χ1n) is 20.7. The lowest BCUT2D eigenvalue weighted by Crippen LogP contribution is -2.36. The predicted octanol–water partition coefficient (Wildman–Crippen LogP) is 11.6. The second-order valence-electron chi connectivity index (χ2n) is 17.8. The van der Waals surface area contributed by atoms with Crippen LogP contribution in [0.15, 0.2) is 60.9 Å². The van der Waals surface area contributed by atoms with Crippen molar-refractivity contribution in [3.63, 3.8) is 0 Å². The molecular weight excluding hydrogens is 771 g/mol. The van der Waals surface area contributed by atoms with Gasteiger partial charge in [-0.3, -0.25) is 4.98 Å². The lowest BCUT2D eigenvalue weighted by molar-refractivity contribution is -0.137. The van der Waals surface area contributed by atoms with E-state index in [0.717, 1.165) is 29.0 Å². The molecule has 4 aromatic rings. The minimum Gasteiger partial charge on any atom is -0.497 e. The third-order valence-electron chi connectivity index (χ3n) is 12.4. The van der Waals surface area contributed by atoms with Crippen LogP contribution in [0.4, 0.5) is 32.3 Å². The van der Waals surface area contributed by atoms with Crippen LogP contribution in [0.5, 0.6) is 5.75 Å². The van der Waals surface area contributed by atoms with Gasteiger partial charge in [-0.25, -0.2) is 23.1 Å². The van der Waals surface area contributed by atoms with Crippen molar-refractivity contribution in [3.05, 3.63) is 111 Å². The summed E-state index contributed by atoms with van der Waals surface area (Å²) in [4.78, 5) is 16.5. The molecule has 0 radical (unpaired) electrons. The van der Waals surface area contributed by atoms with E-state index in [1.54, 1.807) is 19.5 Å². The lowest BCUT2D eigenvalue weighted by atomic mass is 9.68. The molecule has 1 saturated carbocycles. The monoisotopic (exact) mass is 824 g/mol. The number of pyridine rings is 1. The fourth-order valence-corrected chi connectivity index (χ4v) is 9.13. The van der Waals surface area contributed by atoms with Gasteiger partial charge in [-0.2, -0.15) is 13.2 Å². The lowest BCUT2D eigenvalue weighted by Gasteiger charge is -2.42. The largest absolute Gasteiger partial charge is 0.497 e. The molecule has 1 unspecified atom stereocenters. The van der Waals surface area contributed by atoms with E-state index < -0.39 is 42.0 Å². The zero-order valence-electron chi connectivity index (χ0n) is 34.3. The van der Waals surface area contributed by atoms with Gasteiger partial charge in [0.25, 0.3) is 0 Å². The molecule has 13 heteroatoms. The van der Waals surface area contributed by atoms with E-state index >= 15 is 4.39 Å². The Labute approximate surface area is 342 Å². The Morgan fingerprint density at radius 2 is 1.49 bits per heavy atom. The van der Waals surface area contributed by atoms with Gasteiger partial charge in [0.15, 0.2) is 6.17 Å². The second-order valence-corrected chi connectivity index (χ2v) is 17.8. The van der Waals surface area contributed by atoms with Crippen molar-refractivity contribution in [2.75, 3.05) is 25.1 Å². The number of halogens is 6. The smallest absolute Gasteiger partial charge is 0.416 e. The number of ether oxygens (including phenoxy) is 2. The van der Waals surface area contributed by atoms with Crippen molar-refractivity contribution < 1.29 is 40.9 Å². The Balaban J connectivity index is 1.32. The van der Waals surface area contributed by atoms with Gasteiger partial charge in [0, 0.05) is 66.6 Å². The van der Waals surface area contributed by atoms with E-state index in [-0.39, 0.29) is 60.7 Å². The summed E-state index contributed by atoms with van der Waals surface area (Å²) in [6.45, 7) is 9.39. The van der Waals surface area contributed by atoms with Crippen molar-refractivity contribution in [2.45, 2.75) is 128 Å². The van der Waals surface area contributed by atoms with Crippen LogP contribution >= 0.6 is 0 Å². The van der Waals surface area contributed by atoms with Gasteiger partial charge in [0.2, 0.25) is 11.9 Å². The fraction of sp³-hybridized carbons (Fsp3) is 0.543. The summed E-state index contributed by atoms with van der Waals surface area (Å²) in [5.74, 6) is -2.32. The van der Waals surface area contributed by atoms with E-state index in [1.807, 2.05) is 43.0 Å². The number of alkyl halides is 6. The number of hydrogen-bond acceptors (Lipinski definition) is 7. The average Bonchev–Trinajstić information content (AvgIpc) is 3.21. The Hall–Kier alpha value is -4.23. The molecule has 2 aliphatic carbocycles. The maximum atomic E-state index is 17.8. The SMILES string of the molecule is COc1ccc(CO[C@H]2CC(C)(C)Cc3nc(C4CCN(c5ncc(C(O)C(C)C)cn5)CC4)c([C@@H](F)c4ccc(C(F)(F)F)cc4)c(C4CCC(F)(F)CC4)c32)cc1. The molecule has 0 bridgehead atoms. The third-order valence-corrected chi connectivity index (χ3v) is 12.4. The van der Waals surface area contributed by atoms with Crippen LogP contribution in [-0.4, -0.2) is 46.2 Å². The fourth-order valence-electron chi connectivity index (χ4n) is 9.13. The summed E-state index contributed by atoms with van der Waals surface area (Å²) in [5, 5.41) is 10.5. The van der Waals surface area contributed by atoms with E-state index in [9.17, 15) is 27.1 Å². The van der Waals surface area contributed by atoms with Crippen molar-refractivity contribution >= 4 is 5.95 Å². The second kappa shape index (κ2) is 17.0. The number of benzene rings is 2. The Morgan fingerprint density at radius 3 is 2.07 bits per heavy atom. The van der Waals surface area contributed by atoms with E-state index in [4.69, 9.17) is 14.5 Å². The van der Waals surface area contributed by atoms with Crippen molar-refractivity contribution in [1.29, 1.82) is 0 Å². The molecule has 3 aliphatic rings. The van der Waals surface area contributed by atoms with Gasteiger partial charge in [0.1, 0.15) is 5.75 Å². The van der Waals surface area contributed by atoms with Crippen molar-refractivity contribution in [3.8, 4) is 5.75 Å². The first kappa shape index (κ1) is 42.9. The molecule has 1 aliphatic heterocycles. The van der Waals surface area contributed by atoms with Gasteiger partial charge < -0.3 is 19.5 Å². The molecule has 1 N–H and O–H groups in total. The number of aromatic nitrogens is 3. The molecule has 59 heavy (non-hydrogen) atoms. The minimum absolute atomic E-state index is 0.00342. The molecule has 0 spiro atoms. The molecule has 3 heterocycles. The zero-order chi connectivity index (χ0) is 42.3. The summed E-state index contributed by atoms with van der Waals surface area (Å²) in [6.07, 6.45) is -2.63. The number of rotatable bonds is 11. The van der Waals surface area contributed by atoms with Gasteiger partial charge in [-0.1, -0.05) is 52.0 Å². The van der Waals surface area contributed by atoms with Crippen LogP contribution in [0.25, 0.3) is 0 Å². The number of anilines is 1. The average molecular weight is 825 g/mol. The first-order chi connectivity index (χ1) is 27.9. The molecule has 318 valence electrons. The van der Waals surface area contributed by atoms with E-state index in [1.165, 1.54) is 12.1 Å². The highest BCUT2D eigenvalue weighted by Gasteiger charge is 2.44. The first-order valence-corrected chi connectivity index (χ1v) is 20.7. The summed E-state index contributed by atoms with van der Waals surface area (Å²) in [6, 6.07) is 11.6. The quantitative estimate of drug-likeness (QED) is 0.151. The molecule has 1 saturated heterocycles. The highest BCUT2D eigenvalue weighted by Crippen LogP contribution is 2.53. The topological polar surface area (TPSA) is 80.6 Å². The van der Waals surface area contributed by atoms with Crippen molar-refractivity contribution in [2.24, 2.45) is 11.3 Å². The van der Waals surface area contributed by atoms with Gasteiger partial charge in [0.05, 0.1) is 37.2 Å². The molecule has 7 rings (SSSR count).